The predicted molar refractivity (Wildman–Crippen MR) is 123 cm³/mol. The minimum absolute atomic E-state index is 0.662. The molecule has 2 heterocycles. The first kappa shape index (κ1) is 20.0. The molecule has 5 heteroatoms. The first-order valence-corrected chi connectivity index (χ1v) is 10.1. The van der Waals surface area contributed by atoms with Crippen molar-refractivity contribution < 1.29 is 4.74 Å². The highest BCUT2D eigenvalue weighted by Gasteiger charge is 2.17. The van der Waals surface area contributed by atoms with E-state index in [4.69, 9.17) is 4.74 Å². The number of imidazole rings is 1. The van der Waals surface area contributed by atoms with Crippen LogP contribution in [0, 0.1) is 0 Å². The molecule has 0 amide bonds. The van der Waals surface area contributed by atoms with Crippen LogP contribution in [0.1, 0.15) is 11.3 Å². The van der Waals surface area contributed by atoms with Gasteiger partial charge in [0.1, 0.15) is 0 Å². The number of hydrogen-bond donors (Lipinski definition) is 0. The number of aryl methyl sites for hydroxylation is 1. The second kappa shape index (κ2) is 8.59. The van der Waals surface area contributed by atoms with Crippen LogP contribution in [-0.4, -0.2) is 46.3 Å². The van der Waals surface area contributed by atoms with Crippen molar-refractivity contribution in [1.29, 1.82) is 0 Å². The maximum atomic E-state index is 5.26. The third-order valence-corrected chi connectivity index (χ3v) is 5.62. The molecule has 0 unspecified atom stereocenters. The Morgan fingerprint density at radius 3 is 2.67 bits per heavy atom. The van der Waals surface area contributed by atoms with Crippen molar-refractivity contribution in [3.05, 3.63) is 85.2 Å². The summed E-state index contributed by atoms with van der Waals surface area (Å²) in [5.41, 5.74) is 5.67. The fraction of sp³-hybridized carbons (Fsp3) is 0.240. The van der Waals surface area contributed by atoms with Gasteiger partial charge in [-0.05, 0) is 16.3 Å². The number of aromatic nitrogens is 3. The van der Waals surface area contributed by atoms with E-state index in [0.29, 0.717) is 6.61 Å². The SMILES string of the molecule is C=C(c1cn(Cc2cncn2C)cc1-c1cccc2ccccc12)N(C)CCOC. The second-order valence-electron chi connectivity index (χ2n) is 7.64. The number of methoxy groups -OCH3 is 1. The fourth-order valence-electron chi connectivity index (χ4n) is 3.80. The van der Waals surface area contributed by atoms with Crippen LogP contribution in [0.5, 0.6) is 0 Å². The lowest BCUT2D eigenvalue weighted by Crippen LogP contribution is -2.21. The Hall–Kier alpha value is -3.31. The Bertz CT molecular complexity index is 1170. The van der Waals surface area contributed by atoms with E-state index in [1.807, 2.05) is 19.6 Å². The Labute approximate surface area is 177 Å². The zero-order chi connectivity index (χ0) is 21.1. The van der Waals surface area contributed by atoms with Gasteiger partial charge in [-0.25, -0.2) is 4.98 Å². The largest absolute Gasteiger partial charge is 0.383 e. The van der Waals surface area contributed by atoms with E-state index in [1.54, 1.807) is 7.11 Å². The molecule has 5 nitrogen and oxygen atoms in total. The van der Waals surface area contributed by atoms with Crippen molar-refractivity contribution in [2.45, 2.75) is 6.54 Å². The average Bonchev–Trinajstić information content (AvgIpc) is 3.37. The topological polar surface area (TPSA) is 35.2 Å². The summed E-state index contributed by atoms with van der Waals surface area (Å²) < 4.78 is 9.54. The molecule has 2 aromatic heterocycles. The van der Waals surface area contributed by atoms with Gasteiger partial charge in [0.15, 0.2) is 0 Å². The average molecular weight is 401 g/mol. The Balaban J connectivity index is 1.81. The summed E-state index contributed by atoms with van der Waals surface area (Å²) in [5.74, 6) is 0. The molecule has 0 saturated carbocycles. The molecule has 2 aromatic carbocycles. The zero-order valence-corrected chi connectivity index (χ0v) is 17.9. The lowest BCUT2D eigenvalue weighted by atomic mass is 9.96. The van der Waals surface area contributed by atoms with Gasteiger partial charge < -0.3 is 18.8 Å². The number of ether oxygens (including phenoxy) is 1. The minimum Gasteiger partial charge on any atom is -0.383 e. The summed E-state index contributed by atoms with van der Waals surface area (Å²) in [6.07, 6.45) is 8.16. The molecular formula is C25H28N4O. The van der Waals surface area contributed by atoms with Crippen molar-refractivity contribution in [3.8, 4) is 11.1 Å². The molecule has 0 fully saturated rings. The lowest BCUT2D eigenvalue weighted by Gasteiger charge is -2.22. The molecule has 4 rings (SSSR count). The zero-order valence-electron chi connectivity index (χ0n) is 17.9. The molecule has 0 N–H and O–H groups in total. The molecule has 4 aromatic rings. The smallest absolute Gasteiger partial charge is 0.0946 e. The highest BCUT2D eigenvalue weighted by Crippen LogP contribution is 2.35. The van der Waals surface area contributed by atoms with Gasteiger partial charge >= 0.3 is 0 Å². The molecule has 0 aliphatic carbocycles. The summed E-state index contributed by atoms with van der Waals surface area (Å²) in [6, 6.07) is 15.0. The maximum Gasteiger partial charge on any atom is 0.0946 e. The summed E-state index contributed by atoms with van der Waals surface area (Å²) in [5, 5.41) is 2.48. The van der Waals surface area contributed by atoms with Gasteiger partial charge in [0, 0.05) is 63.2 Å². The van der Waals surface area contributed by atoms with E-state index in [0.717, 1.165) is 30.0 Å². The van der Waals surface area contributed by atoms with E-state index < -0.39 is 0 Å². The summed E-state index contributed by atoms with van der Waals surface area (Å²) in [4.78, 5) is 6.41. The standard InChI is InChI=1S/C25H28N4O/c1-19(27(2)12-13-30-4)24-16-29(15-21-14-26-18-28(21)3)17-25(24)23-11-7-9-20-8-5-6-10-22(20)23/h5-11,14,16-18H,1,12-13,15H2,2-4H3. The quantitative estimate of drug-likeness (QED) is 0.432. The molecule has 0 aliphatic rings. The lowest BCUT2D eigenvalue weighted by molar-refractivity contribution is 0.180. The first-order chi connectivity index (χ1) is 14.6. The van der Waals surface area contributed by atoms with Crippen LogP contribution in [0.3, 0.4) is 0 Å². The molecule has 154 valence electrons. The van der Waals surface area contributed by atoms with Crippen molar-refractivity contribution in [2.75, 3.05) is 27.3 Å². The first-order valence-electron chi connectivity index (χ1n) is 10.1. The van der Waals surface area contributed by atoms with Gasteiger partial charge in [0.25, 0.3) is 0 Å². The van der Waals surface area contributed by atoms with Crippen LogP contribution in [0.4, 0.5) is 0 Å². The molecule has 0 saturated heterocycles. The number of hydrogen-bond acceptors (Lipinski definition) is 3. The third kappa shape index (κ3) is 3.89. The van der Waals surface area contributed by atoms with E-state index in [-0.39, 0.29) is 0 Å². The molecule has 30 heavy (non-hydrogen) atoms. The van der Waals surface area contributed by atoms with Crippen LogP contribution >= 0.6 is 0 Å². The number of benzene rings is 2. The van der Waals surface area contributed by atoms with Gasteiger partial charge in [-0.1, -0.05) is 49.0 Å². The van der Waals surface area contributed by atoms with Crippen LogP contribution in [0.2, 0.25) is 0 Å². The Morgan fingerprint density at radius 2 is 1.90 bits per heavy atom. The van der Waals surface area contributed by atoms with Gasteiger partial charge in [-0.2, -0.15) is 0 Å². The van der Waals surface area contributed by atoms with E-state index in [9.17, 15) is 0 Å². The fourth-order valence-corrected chi connectivity index (χ4v) is 3.80. The summed E-state index contributed by atoms with van der Waals surface area (Å²) >= 11 is 0. The minimum atomic E-state index is 0.662. The molecular weight excluding hydrogens is 372 g/mol. The molecule has 0 atom stereocenters. The van der Waals surface area contributed by atoms with Crippen molar-refractivity contribution in [1.82, 2.24) is 19.0 Å². The maximum absolute atomic E-state index is 5.26. The number of likely N-dealkylation sites (N-methyl/N-ethyl adjacent to an activating group) is 1. The molecule has 0 bridgehead atoms. The van der Waals surface area contributed by atoms with Gasteiger partial charge in [0.2, 0.25) is 0 Å². The second-order valence-corrected chi connectivity index (χ2v) is 7.64. The summed E-state index contributed by atoms with van der Waals surface area (Å²) in [7, 11) is 5.81. The third-order valence-electron chi connectivity index (χ3n) is 5.62. The highest BCUT2D eigenvalue weighted by molar-refractivity contribution is 5.99. The number of rotatable bonds is 8. The number of nitrogens with zero attached hydrogens (tertiary/aromatic N) is 4. The van der Waals surface area contributed by atoms with Crippen LogP contribution in [0.25, 0.3) is 27.6 Å². The predicted octanol–water partition coefficient (Wildman–Crippen LogP) is 4.64. The van der Waals surface area contributed by atoms with Crippen molar-refractivity contribution in [2.24, 2.45) is 7.05 Å². The monoisotopic (exact) mass is 400 g/mol. The van der Waals surface area contributed by atoms with Crippen LogP contribution < -0.4 is 0 Å². The molecule has 0 spiro atoms. The normalized spacial score (nSPS) is 11.2. The van der Waals surface area contributed by atoms with Gasteiger partial charge in [-0.15, -0.1) is 0 Å². The molecule has 0 aliphatic heterocycles. The Kier molecular flexibility index (Phi) is 5.72. The summed E-state index contributed by atoms with van der Waals surface area (Å²) in [6.45, 7) is 6.62. The highest BCUT2D eigenvalue weighted by atomic mass is 16.5. The van der Waals surface area contributed by atoms with Crippen LogP contribution in [0.15, 0.2) is 74.0 Å². The van der Waals surface area contributed by atoms with Gasteiger partial charge in [-0.3, -0.25) is 0 Å². The Morgan fingerprint density at radius 1 is 1.10 bits per heavy atom. The number of fused-ring (bicyclic) bond motifs is 1. The van der Waals surface area contributed by atoms with Crippen molar-refractivity contribution in [3.63, 3.8) is 0 Å². The van der Waals surface area contributed by atoms with Crippen LogP contribution in [-0.2, 0) is 18.3 Å². The van der Waals surface area contributed by atoms with Crippen molar-refractivity contribution >= 4 is 16.5 Å². The van der Waals surface area contributed by atoms with E-state index in [1.165, 1.54) is 21.9 Å². The van der Waals surface area contributed by atoms with E-state index >= 15 is 0 Å². The molecule has 0 radical (unpaired) electrons. The van der Waals surface area contributed by atoms with E-state index in [2.05, 4.69) is 87.5 Å². The van der Waals surface area contributed by atoms with Gasteiger partial charge in [0.05, 0.1) is 25.2 Å².